The fourth-order valence-corrected chi connectivity index (χ4v) is 0.179. The maximum absolute atomic E-state index is 4.69. The van der Waals surface area contributed by atoms with E-state index in [2.05, 4.69) is 13.8 Å². The summed E-state index contributed by atoms with van der Waals surface area (Å²) in [4.78, 5) is 0. The molecule has 1 heteroatoms. The zero-order valence-electron chi connectivity index (χ0n) is 2.98. The Morgan fingerprint density at radius 1 is 1.20 bits per heavy atom. The molecule has 0 spiro atoms. The van der Waals surface area contributed by atoms with Crippen LogP contribution in [0.1, 0.15) is 0 Å². The molecular weight excluding hydrogens is 64.0 g/mol. The van der Waals surface area contributed by atoms with Crippen LogP contribution in [-0.4, -0.2) is 12.2 Å². The van der Waals surface area contributed by atoms with Crippen molar-refractivity contribution in [3.63, 3.8) is 0 Å². The van der Waals surface area contributed by atoms with Crippen molar-refractivity contribution in [3.8, 4) is 0 Å². The summed E-state index contributed by atoms with van der Waals surface area (Å²) in [7, 11) is 0. The summed E-state index contributed by atoms with van der Waals surface area (Å²) in [6.45, 7) is 7.09. The van der Waals surface area contributed by atoms with Crippen molar-refractivity contribution >= 4 is 0 Å². The first-order valence-corrected chi connectivity index (χ1v) is 1.62. The summed E-state index contributed by atoms with van der Waals surface area (Å²) >= 11 is 0. The van der Waals surface area contributed by atoms with Crippen LogP contribution < -0.4 is 0 Å². The van der Waals surface area contributed by atoms with Gasteiger partial charge in [-0.3, -0.25) is 0 Å². The van der Waals surface area contributed by atoms with E-state index >= 15 is 0 Å². The van der Waals surface area contributed by atoms with Gasteiger partial charge < -0.3 is 4.74 Å². The van der Waals surface area contributed by atoms with Crippen LogP contribution in [0.25, 0.3) is 0 Å². The molecule has 1 aliphatic rings. The minimum absolute atomic E-state index is 0.190. The summed E-state index contributed by atoms with van der Waals surface area (Å²) < 4.78 is 4.69. The van der Waals surface area contributed by atoms with Gasteiger partial charge >= 0.3 is 0 Å². The molecule has 0 N–H and O–H groups in total. The predicted octanol–water partition coefficient (Wildman–Crippen LogP) is 0.422. The van der Waals surface area contributed by atoms with Gasteiger partial charge in [-0.05, 0) is 13.8 Å². The Balaban J connectivity index is 2.20. The topological polar surface area (TPSA) is 12.5 Å². The van der Waals surface area contributed by atoms with Gasteiger partial charge in [0.05, 0.1) is 12.2 Å². The van der Waals surface area contributed by atoms with E-state index in [9.17, 15) is 0 Å². The number of hydrogen-bond donors (Lipinski definition) is 0. The molecule has 5 heavy (non-hydrogen) atoms. The van der Waals surface area contributed by atoms with E-state index in [1.165, 1.54) is 0 Å². The third-order valence-corrected chi connectivity index (χ3v) is 0.688. The number of ether oxygens (including phenoxy) is 1. The predicted molar refractivity (Wildman–Crippen MR) is 19.4 cm³/mol. The molecule has 1 heterocycles. The SMILES string of the molecule is [CH2][C@@H]1O[C@H]1[CH2]. The lowest BCUT2D eigenvalue weighted by Crippen LogP contribution is -1.75. The van der Waals surface area contributed by atoms with Gasteiger partial charge in [0.1, 0.15) is 0 Å². The number of rotatable bonds is 0. The Hall–Kier alpha value is -0.0400. The van der Waals surface area contributed by atoms with E-state index in [0.717, 1.165) is 0 Å². The Labute approximate surface area is 31.9 Å². The van der Waals surface area contributed by atoms with Crippen LogP contribution >= 0.6 is 0 Å². The van der Waals surface area contributed by atoms with Gasteiger partial charge in [-0.2, -0.15) is 0 Å². The summed E-state index contributed by atoms with van der Waals surface area (Å²) in [5, 5.41) is 0. The van der Waals surface area contributed by atoms with E-state index in [0.29, 0.717) is 0 Å². The van der Waals surface area contributed by atoms with Gasteiger partial charge in [-0.1, -0.05) is 0 Å². The lowest BCUT2D eigenvalue weighted by atomic mass is 10.4. The highest BCUT2D eigenvalue weighted by atomic mass is 16.6. The highest BCUT2D eigenvalue weighted by Gasteiger charge is 2.28. The second-order valence-electron chi connectivity index (χ2n) is 1.21. The van der Waals surface area contributed by atoms with Crippen molar-refractivity contribution < 1.29 is 4.74 Å². The minimum Gasteiger partial charge on any atom is -0.370 e. The third kappa shape index (κ3) is 0.428. The van der Waals surface area contributed by atoms with Crippen molar-refractivity contribution in [1.82, 2.24) is 0 Å². The second kappa shape index (κ2) is 0.716. The number of epoxide rings is 1. The van der Waals surface area contributed by atoms with E-state index in [4.69, 9.17) is 4.74 Å². The molecule has 0 saturated carbocycles. The quantitative estimate of drug-likeness (QED) is 0.376. The molecule has 1 saturated heterocycles. The number of hydrogen-bond acceptors (Lipinski definition) is 1. The molecule has 0 aromatic heterocycles. The fourth-order valence-electron chi connectivity index (χ4n) is 0.179. The highest BCUT2D eigenvalue weighted by molar-refractivity contribution is 4.87. The third-order valence-electron chi connectivity index (χ3n) is 0.688. The van der Waals surface area contributed by atoms with E-state index in [1.807, 2.05) is 0 Å². The zero-order valence-corrected chi connectivity index (χ0v) is 2.98. The summed E-state index contributed by atoms with van der Waals surface area (Å²) in [5.41, 5.74) is 0. The van der Waals surface area contributed by atoms with E-state index < -0.39 is 0 Å². The van der Waals surface area contributed by atoms with Crippen molar-refractivity contribution in [2.45, 2.75) is 12.2 Å². The normalized spacial score (nSPS) is 49.2. The Kier molecular flexibility index (Phi) is 0.453. The minimum atomic E-state index is 0.190. The molecule has 1 rings (SSSR count). The molecule has 0 aromatic rings. The molecule has 1 nitrogen and oxygen atoms in total. The molecule has 0 bridgehead atoms. The first-order valence-electron chi connectivity index (χ1n) is 1.62. The van der Waals surface area contributed by atoms with Crippen LogP contribution in [-0.2, 0) is 4.74 Å². The average Bonchev–Trinajstić information content (AvgIpc) is 1.79. The maximum Gasteiger partial charge on any atom is 0.0842 e. The molecule has 28 valence electrons. The molecule has 0 aliphatic carbocycles. The van der Waals surface area contributed by atoms with Crippen LogP contribution in [0, 0.1) is 13.8 Å². The summed E-state index contributed by atoms with van der Waals surface area (Å²) in [5.74, 6) is 0. The van der Waals surface area contributed by atoms with Gasteiger partial charge in [0, 0.05) is 0 Å². The van der Waals surface area contributed by atoms with E-state index in [1.54, 1.807) is 0 Å². The van der Waals surface area contributed by atoms with Gasteiger partial charge in [0.15, 0.2) is 0 Å². The van der Waals surface area contributed by atoms with Gasteiger partial charge in [0.2, 0.25) is 0 Å². The smallest absolute Gasteiger partial charge is 0.0842 e. The first kappa shape index (κ1) is 3.16. The fraction of sp³-hybridized carbons (Fsp3) is 0.500. The molecule has 1 aliphatic heterocycles. The maximum atomic E-state index is 4.69. The molecule has 1 fully saturated rings. The second-order valence-corrected chi connectivity index (χ2v) is 1.21. The summed E-state index contributed by atoms with van der Waals surface area (Å²) in [6.07, 6.45) is 0.380. The van der Waals surface area contributed by atoms with Crippen LogP contribution in [0.5, 0.6) is 0 Å². The highest BCUT2D eigenvalue weighted by Crippen LogP contribution is 2.17. The molecule has 2 radical (unpaired) electrons. The van der Waals surface area contributed by atoms with Crippen molar-refractivity contribution in [2.75, 3.05) is 0 Å². The molecule has 0 amide bonds. The first-order chi connectivity index (χ1) is 2.30. The lowest BCUT2D eigenvalue weighted by Gasteiger charge is -1.56. The zero-order chi connectivity index (χ0) is 3.86. The van der Waals surface area contributed by atoms with Crippen molar-refractivity contribution in [2.24, 2.45) is 0 Å². The van der Waals surface area contributed by atoms with Crippen LogP contribution in [0.4, 0.5) is 0 Å². The van der Waals surface area contributed by atoms with E-state index in [-0.39, 0.29) is 12.2 Å². The lowest BCUT2D eigenvalue weighted by molar-refractivity contribution is 0.411. The van der Waals surface area contributed by atoms with Crippen molar-refractivity contribution in [1.29, 1.82) is 0 Å². The molecule has 0 unspecified atom stereocenters. The van der Waals surface area contributed by atoms with Gasteiger partial charge in [-0.25, -0.2) is 0 Å². The monoisotopic (exact) mass is 70.0 g/mol. The van der Waals surface area contributed by atoms with Crippen LogP contribution in [0.3, 0.4) is 0 Å². The Morgan fingerprint density at radius 2 is 1.40 bits per heavy atom. The Bertz CT molecular complexity index is 36.9. The molecule has 0 aromatic carbocycles. The van der Waals surface area contributed by atoms with Gasteiger partial charge in [-0.15, -0.1) is 0 Å². The van der Waals surface area contributed by atoms with Crippen LogP contribution in [0.2, 0.25) is 0 Å². The average molecular weight is 70.1 g/mol. The van der Waals surface area contributed by atoms with Crippen molar-refractivity contribution in [3.05, 3.63) is 13.8 Å². The standard InChI is InChI=1S/C4H6O/c1-3-4(2)5-3/h3-4H,1-2H2/t3-,4-/m0/s1. The molecule has 2 atom stereocenters. The van der Waals surface area contributed by atoms with Crippen LogP contribution in [0.15, 0.2) is 0 Å². The summed E-state index contributed by atoms with van der Waals surface area (Å²) in [6, 6.07) is 0. The largest absolute Gasteiger partial charge is 0.370 e. The molecular formula is C4H6O. The van der Waals surface area contributed by atoms with Gasteiger partial charge in [0.25, 0.3) is 0 Å². The Morgan fingerprint density at radius 3 is 1.40 bits per heavy atom.